The summed E-state index contributed by atoms with van der Waals surface area (Å²) >= 11 is 0. The molecule has 2 aliphatic rings. The first kappa shape index (κ1) is 8.67. The molecule has 1 aliphatic heterocycles. The molecule has 4 nitrogen and oxygen atoms in total. The fourth-order valence-corrected chi connectivity index (χ4v) is 5.36. The Morgan fingerprint density at radius 3 is 2.93 bits per heavy atom. The molecular formula is C8H10N4S2. The Labute approximate surface area is 88.2 Å². The fourth-order valence-electron chi connectivity index (χ4n) is 1.33. The van der Waals surface area contributed by atoms with Gasteiger partial charge in [-0.2, -0.15) is 0 Å². The molecule has 1 atom stereocenters. The molecule has 1 aromatic rings. The average Bonchev–Trinajstić information content (AvgIpc) is 2.87. The standard InChI is InChI=1S/C8H10N4S2/c1-4-6-7(11-8(9)10-4)13-14(12-6)5-2-3-5/h5H,2-3H2,1H3,(H2,9,10,11). The second kappa shape index (κ2) is 2.93. The average molecular weight is 226 g/mol. The molecular weight excluding hydrogens is 216 g/mol. The molecule has 1 unspecified atom stereocenters. The van der Waals surface area contributed by atoms with Gasteiger partial charge in [-0.25, -0.2) is 14.3 Å². The normalized spacial score (nSPS) is 24.5. The van der Waals surface area contributed by atoms with E-state index in [0.717, 1.165) is 21.7 Å². The highest BCUT2D eigenvalue weighted by atomic mass is 33.1. The van der Waals surface area contributed by atoms with Crippen molar-refractivity contribution in [3.8, 4) is 0 Å². The van der Waals surface area contributed by atoms with Crippen LogP contribution in [-0.4, -0.2) is 15.2 Å². The molecule has 0 saturated heterocycles. The van der Waals surface area contributed by atoms with Crippen LogP contribution in [0.3, 0.4) is 0 Å². The number of hydrogen-bond donors (Lipinski definition) is 1. The third-order valence-corrected chi connectivity index (χ3v) is 6.24. The highest BCUT2D eigenvalue weighted by Gasteiger charge is 2.32. The lowest BCUT2D eigenvalue weighted by Crippen LogP contribution is -1.97. The molecule has 74 valence electrons. The van der Waals surface area contributed by atoms with E-state index in [4.69, 9.17) is 5.73 Å². The molecule has 1 saturated carbocycles. The number of nitrogens with zero attached hydrogens (tertiary/aromatic N) is 3. The van der Waals surface area contributed by atoms with E-state index < -0.39 is 0 Å². The summed E-state index contributed by atoms with van der Waals surface area (Å²) in [7, 11) is 1.87. The van der Waals surface area contributed by atoms with Gasteiger partial charge in [0.05, 0.1) is 5.69 Å². The van der Waals surface area contributed by atoms with Crippen molar-refractivity contribution in [2.45, 2.75) is 30.0 Å². The summed E-state index contributed by atoms with van der Waals surface area (Å²) in [6.07, 6.45) is 2.63. The number of fused-ring (bicyclic) bond motifs is 1. The number of rotatable bonds is 1. The summed E-state index contributed by atoms with van der Waals surface area (Å²) < 4.78 is 4.66. The van der Waals surface area contributed by atoms with Gasteiger partial charge in [0.2, 0.25) is 5.95 Å². The van der Waals surface area contributed by atoms with Gasteiger partial charge in [0.1, 0.15) is 10.7 Å². The molecule has 6 heteroatoms. The lowest BCUT2D eigenvalue weighted by molar-refractivity contribution is 1.03. The van der Waals surface area contributed by atoms with Crippen molar-refractivity contribution in [3.63, 3.8) is 0 Å². The third-order valence-electron chi connectivity index (χ3n) is 2.20. The van der Waals surface area contributed by atoms with Crippen LogP contribution < -0.4 is 5.73 Å². The maximum Gasteiger partial charge on any atom is 0.221 e. The van der Waals surface area contributed by atoms with Gasteiger partial charge in [0, 0.05) is 5.25 Å². The van der Waals surface area contributed by atoms with Crippen LogP contribution in [0.15, 0.2) is 9.39 Å². The minimum absolute atomic E-state index is 0.101. The molecule has 0 aromatic carbocycles. The van der Waals surface area contributed by atoms with Crippen molar-refractivity contribution >= 4 is 32.2 Å². The van der Waals surface area contributed by atoms with E-state index in [-0.39, 0.29) is 9.72 Å². The van der Waals surface area contributed by atoms with Crippen molar-refractivity contribution < 1.29 is 0 Å². The number of nitrogen functional groups attached to an aromatic ring is 1. The number of aromatic nitrogens is 2. The number of anilines is 1. The predicted octanol–water partition coefficient (Wildman–Crippen LogP) is 1.98. The van der Waals surface area contributed by atoms with Crippen molar-refractivity contribution in [1.29, 1.82) is 0 Å². The van der Waals surface area contributed by atoms with E-state index in [2.05, 4.69) is 14.3 Å². The third kappa shape index (κ3) is 1.33. The zero-order chi connectivity index (χ0) is 9.71. The number of hydrogen-bond acceptors (Lipinski definition) is 5. The minimum Gasteiger partial charge on any atom is -0.368 e. The molecule has 0 radical (unpaired) electrons. The maximum absolute atomic E-state index is 5.59. The van der Waals surface area contributed by atoms with Gasteiger partial charge in [-0.3, -0.25) is 0 Å². The molecule has 1 aromatic heterocycles. The topological polar surface area (TPSA) is 64.2 Å². The summed E-state index contributed by atoms with van der Waals surface area (Å²) in [4.78, 5) is 8.34. The van der Waals surface area contributed by atoms with E-state index in [1.54, 1.807) is 10.8 Å². The molecule has 3 rings (SSSR count). The molecule has 0 spiro atoms. The van der Waals surface area contributed by atoms with E-state index >= 15 is 0 Å². The fraction of sp³-hybridized carbons (Fsp3) is 0.500. The van der Waals surface area contributed by atoms with Crippen molar-refractivity contribution in [1.82, 2.24) is 9.97 Å². The molecule has 2 N–H and O–H groups in total. The number of nitrogens with two attached hydrogens (primary N) is 1. The summed E-state index contributed by atoms with van der Waals surface area (Å²) in [6.45, 7) is 1.95. The van der Waals surface area contributed by atoms with E-state index in [0.29, 0.717) is 5.95 Å². The summed E-state index contributed by atoms with van der Waals surface area (Å²) in [5, 5.41) is 1.76. The van der Waals surface area contributed by atoms with Crippen molar-refractivity contribution in [2.75, 3.05) is 5.73 Å². The smallest absolute Gasteiger partial charge is 0.221 e. The zero-order valence-electron chi connectivity index (χ0n) is 7.73. The maximum atomic E-state index is 5.59. The van der Waals surface area contributed by atoms with Gasteiger partial charge in [-0.15, -0.1) is 0 Å². The first-order valence-electron chi connectivity index (χ1n) is 4.51. The van der Waals surface area contributed by atoms with Crippen LogP contribution >= 0.6 is 10.8 Å². The van der Waals surface area contributed by atoms with Crippen LogP contribution in [0.1, 0.15) is 18.5 Å². The highest BCUT2D eigenvalue weighted by molar-refractivity contribution is 8.70. The lowest BCUT2D eigenvalue weighted by atomic mass is 10.4. The first-order valence-corrected chi connectivity index (χ1v) is 7.09. The summed E-state index contributed by atoms with van der Waals surface area (Å²) in [5.74, 6) is 0.366. The van der Waals surface area contributed by atoms with Crippen LogP contribution in [-0.2, 0) is 9.72 Å². The van der Waals surface area contributed by atoms with Crippen LogP contribution in [0.25, 0.3) is 0 Å². The van der Waals surface area contributed by atoms with Crippen LogP contribution in [0, 0.1) is 6.92 Å². The molecule has 0 amide bonds. The summed E-state index contributed by atoms with van der Waals surface area (Å²) in [5.41, 5.74) is 7.48. The van der Waals surface area contributed by atoms with Crippen LogP contribution in [0.5, 0.6) is 0 Å². The van der Waals surface area contributed by atoms with Gasteiger partial charge in [0.25, 0.3) is 0 Å². The van der Waals surface area contributed by atoms with Gasteiger partial charge in [-0.05, 0) is 40.3 Å². The van der Waals surface area contributed by atoms with Gasteiger partial charge < -0.3 is 5.73 Å². The predicted molar refractivity (Wildman–Crippen MR) is 59.5 cm³/mol. The lowest BCUT2D eigenvalue weighted by Gasteiger charge is -1.99. The van der Waals surface area contributed by atoms with Gasteiger partial charge in [0.15, 0.2) is 0 Å². The Bertz CT molecular complexity index is 439. The first-order chi connectivity index (χ1) is 6.74. The second-order valence-corrected chi connectivity index (χ2v) is 6.95. The summed E-state index contributed by atoms with van der Waals surface area (Å²) in [6, 6.07) is 0. The van der Waals surface area contributed by atoms with E-state index in [9.17, 15) is 0 Å². The largest absolute Gasteiger partial charge is 0.368 e. The molecule has 14 heavy (non-hydrogen) atoms. The highest BCUT2D eigenvalue weighted by Crippen LogP contribution is 2.47. The van der Waals surface area contributed by atoms with E-state index in [1.165, 1.54) is 12.8 Å². The SMILES string of the molecule is Cc1nc(N)nc2c1N=S(C1CC1)S2. The Kier molecular flexibility index (Phi) is 1.82. The number of aryl methyl sites for hydroxylation is 1. The Morgan fingerprint density at radius 1 is 1.43 bits per heavy atom. The Balaban J connectivity index is 2.06. The monoisotopic (exact) mass is 226 g/mol. The van der Waals surface area contributed by atoms with Crippen molar-refractivity contribution in [3.05, 3.63) is 5.69 Å². The molecule has 1 aliphatic carbocycles. The van der Waals surface area contributed by atoms with Crippen molar-refractivity contribution in [2.24, 2.45) is 4.36 Å². The van der Waals surface area contributed by atoms with E-state index in [1.807, 2.05) is 6.92 Å². The second-order valence-electron chi connectivity index (χ2n) is 3.47. The molecule has 0 bridgehead atoms. The Morgan fingerprint density at radius 2 is 2.21 bits per heavy atom. The quantitative estimate of drug-likeness (QED) is 0.587. The van der Waals surface area contributed by atoms with Crippen LogP contribution in [0.2, 0.25) is 0 Å². The zero-order valence-corrected chi connectivity index (χ0v) is 9.36. The Hall–Kier alpha value is -0.620. The minimum atomic E-state index is 0.101. The van der Waals surface area contributed by atoms with Gasteiger partial charge in [-0.1, -0.05) is 0 Å². The van der Waals surface area contributed by atoms with Gasteiger partial charge >= 0.3 is 0 Å². The molecule has 2 heterocycles. The molecule has 1 fully saturated rings. The van der Waals surface area contributed by atoms with Crippen LogP contribution in [0.4, 0.5) is 11.6 Å².